The van der Waals surface area contributed by atoms with E-state index in [1.165, 1.54) is 71.2 Å². The van der Waals surface area contributed by atoms with E-state index in [-0.39, 0.29) is 0 Å². The molecule has 94 valence electrons. The van der Waals surface area contributed by atoms with Crippen LogP contribution in [0.4, 0.5) is 0 Å². The molecule has 0 atom stereocenters. The summed E-state index contributed by atoms with van der Waals surface area (Å²) in [6.45, 7) is 8.66. The molecule has 0 amide bonds. The summed E-state index contributed by atoms with van der Waals surface area (Å²) in [6, 6.07) is 0.742. The summed E-state index contributed by atoms with van der Waals surface area (Å²) in [5, 5.41) is 2.46. The van der Waals surface area contributed by atoms with Crippen molar-refractivity contribution in [3.63, 3.8) is 0 Å². The van der Waals surface area contributed by atoms with Gasteiger partial charge in [0.25, 0.3) is 0 Å². The van der Waals surface area contributed by atoms with E-state index in [0.29, 0.717) is 0 Å². The molecule has 2 aliphatic rings. The van der Waals surface area contributed by atoms with Crippen LogP contribution in [0.3, 0.4) is 0 Å². The van der Waals surface area contributed by atoms with Crippen LogP contribution in [0.1, 0.15) is 45.4 Å². The van der Waals surface area contributed by atoms with Crippen molar-refractivity contribution in [3.8, 4) is 0 Å². The average Bonchev–Trinajstić information content (AvgIpc) is 2.33. The second-order valence-corrected chi connectivity index (χ2v) is 5.29. The fourth-order valence-electron chi connectivity index (χ4n) is 2.88. The number of hydrogen-bond acceptors (Lipinski definition) is 3. The summed E-state index contributed by atoms with van der Waals surface area (Å²) >= 11 is 0. The van der Waals surface area contributed by atoms with Crippen molar-refractivity contribution < 1.29 is 0 Å². The van der Waals surface area contributed by atoms with Crippen molar-refractivity contribution >= 4 is 0 Å². The molecule has 0 aromatic carbocycles. The molecule has 0 spiro atoms. The lowest BCUT2D eigenvalue weighted by molar-refractivity contribution is 0.0938. The lowest BCUT2D eigenvalue weighted by atomic mass is 10.1. The van der Waals surface area contributed by atoms with E-state index in [1.807, 2.05) is 0 Å². The fraction of sp³-hybridized carbons (Fsp3) is 1.00. The Hall–Kier alpha value is -0.120. The first kappa shape index (κ1) is 12.3. The van der Waals surface area contributed by atoms with Crippen LogP contribution in [0, 0.1) is 0 Å². The Labute approximate surface area is 100 Å². The maximum atomic E-state index is 3.73. The fourth-order valence-corrected chi connectivity index (χ4v) is 2.88. The number of nitrogens with zero attached hydrogens (tertiary/aromatic N) is 2. The summed E-state index contributed by atoms with van der Waals surface area (Å²) in [5.41, 5.74) is 3.73. The Morgan fingerprint density at radius 2 is 1.69 bits per heavy atom. The quantitative estimate of drug-likeness (QED) is 0.788. The van der Waals surface area contributed by atoms with E-state index in [0.717, 1.165) is 6.04 Å². The second-order valence-electron chi connectivity index (χ2n) is 5.29. The minimum atomic E-state index is 0.742. The number of hydrogen-bond donors (Lipinski definition) is 1. The summed E-state index contributed by atoms with van der Waals surface area (Å²) in [5.74, 6) is 0. The van der Waals surface area contributed by atoms with E-state index >= 15 is 0 Å². The maximum Gasteiger partial charge on any atom is 0.0239 e. The Morgan fingerprint density at radius 1 is 1.00 bits per heavy atom. The Bertz CT molecular complexity index is 182. The van der Waals surface area contributed by atoms with Crippen LogP contribution in [0.5, 0.6) is 0 Å². The molecule has 0 aromatic heterocycles. The highest BCUT2D eigenvalue weighted by Gasteiger charge is 2.20. The minimum absolute atomic E-state index is 0.742. The molecular formula is C13H27N3. The standard InChI is InChI=1S/C13H27N3/c1-2-8-15-11-6-13(7-12-15)14-16-9-4-3-5-10-16/h13-14H,2-12H2,1H3. The second kappa shape index (κ2) is 6.58. The first-order valence-corrected chi connectivity index (χ1v) is 7.12. The van der Waals surface area contributed by atoms with Gasteiger partial charge in [-0.1, -0.05) is 13.3 Å². The molecule has 1 N–H and O–H groups in total. The zero-order valence-electron chi connectivity index (χ0n) is 10.7. The normalized spacial score (nSPS) is 26.1. The summed E-state index contributed by atoms with van der Waals surface area (Å²) < 4.78 is 0. The smallest absolute Gasteiger partial charge is 0.0239 e. The SMILES string of the molecule is CCCN1CCC(NN2CCCCC2)CC1. The van der Waals surface area contributed by atoms with Crippen LogP contribution >= 0.6 is 0 Å². The van der Waals surface area contributed by atoms with Crippen molar-refractivity contribution in [2.75, 3.05) is 32.7 Å². The van der Waals surface area contributed by atoms with Crippen LogP contribution in [0.15, 0.2) is 0 Å². The molecule has 16 heavy (non-hydrogen) atoms. The molecule has 0 aliphatic carbocycles. The van der Waals surface area contributed by atoms with Gasteiger partial charge >= 0.3 is 0 Å². The van der Waals surface area contributed by atoms with Gasteiger partial charge in [-0.05, 0) is 51.7 Å². The molecular weight excluding hydrogens is 198 g/mol. The molecule has 0 saturated carbocycles. The molecule has 0 unspecified atom stereocenters. The third-order valence-electron chi connectivity index (χ3n) is 3.85. The van der Waals surface area contributed by atoms with Crippen LogP contribution in [0.2, 0.25) is 0 Å². The van der Waals surface area contributed by atoms with Gasteiger partial charge in [0.2, 0.25) is 0 Å². The summed E-state index contributed by atoms with van der Waals surface area (Å²) in [4.78, 5) is 2.61. The summed E-state index contributed by atoms with van der Waals surface area (Å²) in [7, 11) is 0. The Kier molecular flexibility index (Phi) is 5.07. The average molecular weight is 225 g/mol. The molecule has 2 saturated heterocycles. The molecule has 3 nitrogen and oxygen atoms in total. The number of nitrogens with one attached hydrogen (secondary N) is 1. The molecule has 3 heteroatoms. The molecule has 0 radical (unpaired) electrons. The van der Waals surface area contributed by atoms with Gasteiger partial charge in [0, 0.05) is 19.1 Å². The van der Waals surface area contributed by atoms with Gasteiger partial charge in [-0.2, -0.15) is 0 Å². The van der Waals surface area contributed by atoms with E-state index in [4.69, 9.17) is 0 Å². The van der Waals surface area contributed by atoms with Gasteiger partial charge in [0.05, 0.1) is 0 Å². The van der Waals surface area contributed by atoms with E-state index in [1.54, 1.807) is 0 Å². The topological polar surface area (TPSA) is 18.5 Å². The number of hydrazine groups is 1. The van der Waals surface area contributed by atoms with Gasteiger partial charge in [-0.15, -0.1) is 0 Å². The third kappa shape index (κ3) is 3.72. The van der Waals surface area contributed by atoms with E-state index in [2.05, 4.69) is 22.3 Å². The molecule has 2 aliphatic heterocycles. The highest BCUT2D eigenvalue weighted by molar-refractivity contribution is 4.77. The number of likely N-dealkylation sites (tertiary alicyclic amines) is 1. The molecule has 0 aromatic rings. The van der Waals surface area contributed by atoms with Crippen LogP contribution in [0.25, 0.3) is 0 Å². The third-order valence-corrected chi connectivity index (χ3v) is 3.85. The summed E-state index contributed by atoms with van der Waals surface area (Å²) in [6.07, 6.45) is 8.13. The van der Waals surface area contributed by atoms with E-state index < -0.39 is 0 Å². The highest BCUT2D eigenvalue weighted by Crippen LogP contribution is 2.13. The van der Waals surface area contributed by atoms with E-state index in [9.17, 15) is 0 Å². The maximum absolute atomic E-state index is 3.73. The first-order valence-electron chi connectivity index (χ1n) is 7.12. The van der Waals surface area contributed by atoms with Gasteiger partial charge < -0.3 is 4.90 Å². The molecule has 2 rings (SSSR count). The molecule has 2 heterocycles. The van der Waals surface area contributed by atoms with Crippen molar-refractivity contribution in [1.82, 2.24) is 15.3 Å². The van der Waals surface area contributed by atoms with Crippen LogP contribution < -0.4 is 5.43 Å². The van der Waals surface area contributed by atoms with Crippen molar-refractivity contribution in [3.05, 3.63) is 0 Å². The van der Waals surface area contributed by atoms with Crippen molar-refractivity contribution in [2.24, 2.45) is 0 Å². The largest absolute Gasteiger partial charge is 0.303 e. The lowest BCUT2D eigenvalue weighted by Gasteiger charge is -2.36. The van der Waals surface area contributed by atoms with Gasteiger partial charge in [0.1, 0.15) is 0 Å². The monoisotopic (exact) mass is 225 g/mol. The number of piperidine rings is 2. The minimum Gasteiger partial charge on any atom is -0.303 e. The molecule has 2 fully saturated rings. The predicted molar refractivity (Wildman–Crippen MR) is 68.3 cm³/mol. The van der Waals surface area contributed by atoms with Gasteiger partial charge in [-0.25, -0.2) is 5.01 Å². The van der Waals surface area contributed by atoms with Crippen molar-refractivity contribution in [2.45, 2.75) is 51.5 Å². The Balaban J connectivity index is 1.64. The lowest BCUT2D eigenvalue weighted by Crippen LogP contribution is -2.51. The van der Waals surface area contributed by atoms with Gasteiger partial charge in [-0.3, -0.25) is 5.43 Å². The highest BCUT2D eigenvalue weighted by atomic mass is 15.5. The van der Waals surface area contributed by atoms with Crippen LogP contribution in [-0.2, 0) is 0 Å². The zero-order chi connectivity index (χ0) is 11.2. The van der Waals surface area contributed by atoms with Crippen molar-refractivity contribution in [1.29, 1.82) is 0 Å². The number of rotatable bonds is 4. The first-order chi connectivity index (χ1) is 7.88. The zero-order valence-corrected chi connectivity index (χ0v) is 10.7. The predicted octanol–water partition coefficient (Wildman–Crippen LogP) is 1.85. The molecule has 0 bridgehead atoms. The Morgan fingerprint density at radius 3 is 2.31 bits per heavy atom. The van der Waals surface area contributed by atoms with Crippen LogP contribution in [-0.4, -0.2) is 48.7 Å². The van der Waals surface area contributed by atoms with Gasteiger partial charge in [0.15, 0.2) is 0 Å².